The van der Waals surface area contributed by atoms with Gasteiger partial charge in [-0.1, -0.05) is 18.2 Å². The van der Waals surface area contributed by atoms with Gasteiger partial charge in [-0.05, 0) is 30.0 Å². The van der Waals surface area contributed by atoms with Crippen LogP contribution in [0.2, 0.25) is 0 Å². The van der Waals surface area contributed by atoms with E-state index in [-0.39, 0.29) is 6.04 Å². The molecule has 0 spiro atoms. The van der Waals surface area contributed by atoms with Gasteiger partial charge >= 0.3 is 0 Å². The summed E-state index contributed by atoms with van der Waals surface area (Å²) in [5, 5.41) is 0. The van der Waals surface area contributed by atoms with Crippen molar-refractivity contribution in [1.29, 1.82) is 0 Å². The number of ether oxygens (including phenoxy) is 1. The van der Waals surface area contributed by atoms with Gasteiger partial charge in [-0.25, -0.2) is 0 Å². The molecule has 1 aromatic rings. The quantitative estimate of drug-likeness (QED) is 0.724. The van der Waals surface area contributed by atoms with Crippen molar-refractivity contribution in [3.8, 4) is 5.75 Å². The maximum Gasteiger partial charge on any atom is 0.122 e. The molecular weight excluding hydrogens is 174 g/mol. The van der Waals surface area contributed by atoms with Gasteiger partial charge in [0.25, 0.3) is 0 Å². The summed E-state index contributed by atoms with van der Waals surface area (Å²) >= 11 is 0. The number of hydrogen-bond acceptors (Lipinski definition) is 2. The highest BCUT2D eigenvalue weighted by Gasteiger charge is 2.16. The molecule has 0 bridgehead atoms. The molecule has 2 heteroatoms. The fourth-order valence-corrected chi connectivity index (χ4v) is 1.86. The van der Waals surface area contributed by atoms with Crippen LogP contribution in [0.4, 0.5) is 0 Å². The van der Waals surface area contributed by atoms with Crippen LogP contribution in [0.3, 0.4) is 0 Å². The summed E-state index contributed by atoms with van der Waals surface area (Å²) in [7, 11) is 0. The van der Waals surface area contributed by atoms with Crippen LogP contribution >= 0.6 is 0 Å². The molecule has 0 amide bonds. The molecule has 0 aromatic heterocycles. The van der Waals surface area contributed by atoms with E-state index in [1.54, 1.807) is 6.08 Å². The van der Waals surface area contributed by atoms with Crippen LogP contribution in [0, 0.1) is 0 Å². The molecule has 74 valence electrons. The van der Waals surface area contributed by atoms with Gasteiger partial charge < -0.3 is 10.5 Å². The Morgan fingerprint density at radius 2 is 2.36 bits per heavy atom. The highest BCUT2D eigenvalue weighted by Crippen LogP contribution is 2.30. The first-order valence-electron chi connectivity index (χ1n) is 4.95. The van der Waals surface area contributed by atoms with E-state index in [9.17, 15) is 0 Å². The minimum atomic E-state index is -0.0772. The third kappa shape index (κ3) is 1.53. The molecule has 0 radical (unpaired) electrons. The SMILES string of the molecule is C=C[C@H](N)c1cccc2c1CCCO2. The third-order valence-electron chi connectivity index (χ3n) is 2.61. The van der Waals surface area contributed by atoms with Crippen molar-refractivity contribution < 1.29 is 4.74 Å². The lowest BCUT2D eigenvalue weighted by atomic mass is 9.95. The molecule has 2 rings (SSSR count). The fourth-order valence-electron chi connectivity index (χ4n) is 1.86. The first-order valence-corrected chi connectivity index (χ1v) is 4.95. The lowest BCUT2D eigenvalue weighted by molar-refractivity contribution is 0.287. The van der Waals surface area contributed by atoms with Gasteiger partial charge in [0, 0.05) is 6.04 Å². The van der Waals surface area contributed by atoms with E-state index >= 15 is 0 Å². The lowest BCUT2D eigenvalue weighted by Crippen LogP contribution is -2.15. The molecule has 0 saturated carbocycles. The van der Waals surface area contributed by atoms with Crippen molar-refractivity contribution in [3.05, 3.63) is 42.0 Å². The topological polar surface area (TPSA) is 35.2 Å². The molecule has 14 heavy (non-hydrogen) atoms. The fraction of sp³-hybridized carbons (Fsp3) is 0.333. The highest BCUT2D eigenvalue weighted by atomic mass is 16.5. The van der Waals surface area contributed by atoms with Crippen molar-refractivity contribution in [2.75, 3.05) is 6.61 Å². The molecule has 1 aliphatic rings. The van der Waals surface area contributed by atoms with Gasteiger partial charge in [-0.3, -0.25) is 0 Å². The van der Waals surface area contributed by atoms with E-state index in [1.165, 1.54) is 5.56 Å². The summed E-state index contributed by atoms with van der Waals surface area (Å²) in [6.45, 7) is 4.54. The molecular formula is C12H15NO. The summed E-state index contributed by atoms with van der Waals surface area (Å²) < 4.78 is 5.57. The average Bonchev–Trinajstić information content (AvgIpc) is 2.27. The van der Waals surface area contributed by atoms with Gasteiger partial charge in [0.05, 0.1) is 6.61 Å². The van der Waals surface area contributed by atoms with Gasteiger partial charge in [-0.15, -0.1) is 6.58 Å². The number of rotatable bonds is 2. The second-order valence-corrected chi connectivity index (χ2v) is 3.54. The van der Waals surface area contributed by atoms with Crippen LogP contribution < -0.4 is 10.5 Å². The second-order valence-electron chi connectivity index (χ2n) is 3.54. The Bertz CT molecular complexity index is 346. The Morgan fingerprint density at radius 1 is 1.50 bits per heavy atom. The molecule has 2 N–H and O–H groups in total. The summed E-state index contributed by atoms with van der Waals surface area (Å²) in [5.41, 5.74) is 8.35. The zero-order valence-corrected chi connectivity index (χ0v) is 8.20. The first-order chi connectivity index (χ1) is 6.83. The number of fused-ring (bicyclic) bond motifs is 1. The van der Waals surface area contributed by atoms with Gasteiger partial charge in [0.1, 0.15) is 5.75 Å². The molecule has 0 fully saturated rings. The molecule has 1 aliphatic heterocycles. The van der Waals surface area contributed by atoms with Crippen molar-refractivity contribution in [2.24, 2.45) is 5.73 Å². The van der Waals surface area contributed by atoms with Crippen LogP contribution in [0.15, 0.2) is 30.9 Å². The van der Waals surface area contributed by atoms with Gasteiger partial charge in [-0.2, -0.15) is 0 Å². The molecule has 0 aliphatic carbocycles. The summed E-state index contributed by atoms with van der Waals surface area (Å²) in [6.07, 6.45) is 3.91. The molecule has 0 unspecified atom stereocenters. The standard InChI is InChI=1S/C12H15NO/c1-2-11(13)9-5-3-7-12-10(9)6-4-8-14-12/h2-3,5,7,11H,1,4,6,8,13H2/t11-/m0/s1. The van der Waals surface area contributed by atoms with E-state index in [2.05, 4.69) is 12.6 Å². The van der Waals surface area contributed by atoms with E-state index in [1.807, 2.05) is 12.1 Å². The van der Waals surface area contributed by atoms with E-state index in [4.69, 9.17) is 10.5 Å². The summed E-state index contributed by atoms with van der Waals surface area (Å²) in [5.74, 6) is 0.992. The smallest absolute Gasteiger partial charge is 0.122 e. The van der Waals surface area contributed by atoms with Crippen LogP contribution in [0.1, 0.15) is 23.6 Å². The maximum atomic E-state index is 5.94. The molecule has 0 saturated heterocycles. The van der Waals surface area contributed by atoms with Crippen molar-refractivity contribution >= 4 is 0 Å². The Hall–Kier alpha value is -1.28. The maximum absolute atomic E-state index is 5.94. The Morgan fingerprint density at radius 3 is 3.14 bits per heavy atom. The minimum absolute atomic E-state index is 0.0772. The zero-order chi connectivity index (χ0) is 9.97. The lowest BCUT2D eigenvalue weighted by Gasteiger charge is -2.21. The number of hydrogen-bond donors (Lipinski definition) is 1. The number of benzene rings is 1. The van der Waals surface area contributed by atoms with Crippen LogP contribution in [0.5, 0.6) is 5.75 Å². The zero-order valence-electron chi connectivity index (χ0n) is 8.20. The van der Waals surface area contributed by atoms with E-state index in [0.717, 1.165) is 30.8 Å². The van der Waals surface area contributed by atoms with Gasteiger partial charge in [0.15, 0.2) is 0 Å². The van der Waals surface area contributed by atoms with Crippen molar-refractivity contribution in [3.63, 3.8) is 0 Å². The molecule has 2 nitrogen and oxygen atoms in total. The van der Waals surface area contributed by atoms with Crippen LogP contribution in [-0.2, 0) is 6.42 Å². The normalized spacial score (nSPS) is 16.6. The van der Waals surface area contributed by atoms with Crippen LogP contribution in [-0.4, -0.2) is 6.61 Å². The Labute approximate surface area is 84.4 Å². The molecule has 1 heterocycles. The largest absolute Gasteiger partial charge is 0.493 e. The monoisotopic (exact) mass is 189 g/mol. The summed E-state index contributed by atoms with van der Waals surface area (Å²) in [6, 6.07) is 5.97. The Balaban J connectivity index is 2.44. The molecule has 1 aromatic carbocycles. The van der Waals surface area contributed by atoms with E-state index < -0.39 is 0 Å². The first kappa shape index (κ1) is 9.28. The van der Waals surface area contributed by atoms with Crippen molar-refractivity contribution in [1.82, 2.24) is 0 Å². The second kappa shape index (κ2) is 3.84. The molecule has 1 atom stereocenters. The highest BCUT2D eigenvalue weighted by molar-refractivity contribution is 5.43. The average molecular weight is 189 g/mol. The summed E-state index contributed by atoms with van der Waals surface area (Å²) in [4.78, 5) is 0. The third-order valence-corrected chi connectivity index (χ3v) is 2.61. The number of nitrogens with two attached hydrogens (primary N) is 1. The van der Waals surface area contributed by atoms with E-state index in [0.29, 0.717) is 0 Å². The predicted molar refractivity (Wildman–Crippen MR) is 57.4 cm³/mol. The predicted octanol–water partition coefficient (Wildman–Crippen LogP) is 2.20. The van der Waals surface area contributed by atoms with Crippen molar-refractivity contribution in [2.45, 2.75) is 18.9 Å². The Kier molecular flexibility index (Phi) is 2.55. The minimum Gasteiger partial charge on any atom is -0.493 e. The van der Waals surface area contributed by atoms with Gasteiger partial charge in [0.2, 0.25) is 0 Å². The van der Waals surface area contributed by atoms with Crippen LogP contribution in [0.25, 0.3) is 0 Å².